The van der Waals surface area contributed by atoms with Crippen LogP contribution in [0.4, 0.5) is 0 Å². The molecule has 1 aliphatic rings. The molecule has 1 fully saturated rings. The fourth-order valence-corrected chi connectivity index (χ4v) is 1.09. The molecule has 4 N–H and O–H groups in total. The molecule has 0 saturated carbocycles. The van der Waals surface area contributed by atoms with E-state index >= 15 is 0 Å². The van der Waals surface area contributed by atoms with Gasteiger partial charge in [0.1, 0.15) is 6.10 Å². The molecule has 0 aromatic carbocycles. The standard InChI is InChI=1S/C6H12N2O2/c7-3-4-1-2-5(10-4)6(8)9/h4-5H,1-3,7H2,(H2,8,9)/t4-,5-/m0/s1. The van der Waals surface area contributed by atoms with Crippen LogP contribution in [0.2, 0.25) is 0 Å². The molecule has 1 saturated heterocycles. The summed E-state index contributed by atoms with van der Waals surface area (Å²) in [6, 6.07) is 0. The van der Waals surface area contributed by atoms with Crippen LogP contribution in [0.15, 0.2) is 0 Å². The maximum Gasteiger partial charge on any atom is 0.246 e. The summed E-state index contributed by atoms with van der Waals surface area (Å²) in [6.45, 7) is 0.476. The Balaban J connectivity index is 2.35. The lowest BCUT2D eigenvalue weighted by Crippen LogP contribution is -2.30. The van der Waals surface area contributed by atoms with Crippen LogP contribution in [-0.4, -0.2) is 24.7 Å². The van der Waals surface area contributed by atoms with Crippen LogP contribution in [-0.2, 0) is 9.53 Å². The second kappa shape index (κ2) is 2.98. The van der Waals surface area contributed by atoms with Crippen LogP contribution < -0.4 is 11.5 Å². The number of rotatable bonds is 2. The highest BCUT2D eigenvalue weighted by Crippen LogP contribution is 2.17. The highest BCUT2D eigenvalue weighted by Gasteiger charge is 2.27. The average molecular weight is 144 g/mol. The van der Waals surface area contributed by atoms with Gasteiger partial charge >= 0.3 is 0 Å². The Morgan fingerprint density at radius 1 is 1.60 bits per heavy atom. The molecule has 58 valence electrons. The number of hydrogen-bond acceptors (Lipinski definition) is 3. The second-order valence-electron chi connectivity index (χ2n) is 2.46. The Bertz CT molecular complexity index is 138. The van der Waals surface area contributed by atoms with Crippen LogP contribution in [0.3, 0.4) is 0 Å². The lowest BCUT2D eigenvalue weighted by Gasteiger charge is -2.07. The van der Waals surface area contributed by atoms with Gasteiger partial charge in [0, 0.05) is 6.54 Å². The smallest absolute Gasteiger partial charge is 0.246 e. The fourth-order valence-electron chi connectivity index (χ4n) is 1.09. The first-order valence-corrected chi connectivity index (χ1v) is 3.39. The summed E-state index contributed by atoms with van der Waals surface area (Å²) in [5.41, 5.74) is 10.3. The minimum atomic E-state index is -0.395. The molecule has 0 aromatic rings. The van der Waals surface area contributed by atoms with E-state index in [-0.39, 0.29) is 12.0 Å². The van der Waals surface area contributed by atoms with Crippen molar-refractivity contribution in [2.75, 3.05) is 6.54 Å². The summed E-state index contributed by atoms with van der Waals surface area (Å²) >= 11 is 0. The van der Waals surface area contributed by atoms with E-state index < -0.39 is 6.10 Å². The summed E-state index contributed by atoms with van der Waals surface area (Å²) in [5.74, 6) is -0.379. The van der Waals surface area contributed by atoms with Crippen molar-refractivity contribution in [1.29, 1.82) is 0 Å². The topological polar surface area (TPSA) is 78.3 Å². The van der Waals surface area contributed by atoms with Crippen molar-refractivity contribution < 1.29 is 9.53 Å². The molecule has 0 unspecified atom stereocenters. The Morgan fingerprint density at radius 3 is 2.60 bits per heavy atom. The quantitative estimate of drug-likeness (QED) is 0.520. The predicted octanol–water partition coefficient (Wildman–Crippen LogP) is -1.02. The van der Waals surface area contributed by atoms with E-state index in [1.165, 1.54) is 0 Å². The Morgan fingerprint density at radius 2 is 2.30 bits per heavy atom. The van der Waals surface area contributed by atoms with Gasteiger partial charge in [-0.2, -0.15) is 0 Å². The molecule has 0 radical (unpaired) electrons. The molecule has 0 spiro atoms. The molecular weight excluding hydrogens is 132 g/mol. The Kier molecular flexibility index (Phi) is 2.24. The molecule has 1 aliphatic heterocycles. The van der Waals surface area contributed by atoms with Crippen molar-refractivity contribution in [3.05, 3.63) is 0 Å². The number of carbonyl (C=O) groups is 1. The summed E-state index contributed by atoms with van der Waals surface area (Å²) in [7, 11) is 0. The molecule has 0 aromatic heterocycles. The minimum Gasteiger partial charge on any atom is -0.367 e. The predicted molar refractivity (Wildman–Crippen MR) is 36.1 cm³/mol. The van der Waals surface area contributed by atoms with Crippen molar-refractivity contribution in [1.82, 2.24) is 0 Å². The van der Waals surface area contributed by atoms with Crippen molar-refractivity contribution in [2.24, 2.45) is 11.5 Å². The van der Waals surface area contributed by atoms with Crippen molar-refractivity contribution >= 4 is 5.91 Å². The molecule has 1 rings (SSSR count). The molecule has 0 aliphatic carbocycles. The molecule has 10 heavy (non-hydrogen) atoms. The molecule has 2 atom stereocenters. The third-order valence-corrected chi connectivity index (χ3v) is 1.69. The number of ether oxygens (including phenoxy) is 1. The largest absolute Gasteiger partial charge is 0.367 e. The van der Waals surface area contributed by atoms with Crippen LogP contribution in [0.1, 0.15) is 12.8 Å². The van der Waals surface area contributed by atoms with E-state index in [0.29, 0.717) is 6.54 Å². The number of hydrogen-bond donors (Lipinski definition) is 2. The SMILES string of the molecule is NC[C@@H]1CC[C@@H](C(N)=O)O1. The summed E-state index contributed by atoms with van der Waals surface area (Å²) in [5, 5.41) is 0. The molecular formula is C6H12N2O2. The first-order chi connectivity index (χ1) is 4.74. The van der Waals surface area contributed by atoms with E-state index in [2.05, 4.69) is 0 Å². The van der Waals surface area contributed by atoms with Crippen molar-refractivity contribution in [3.8, 4) is 0 Å². The molecule has 1 heterocycles. The van der Waals surface area contributed by atoms with E-state index in [1.54, 1.807) is 0 Å². The van der Waals surface area contributed by atoms with Crippen LogP contribution in [0.25, 0.3) is 0 Å². The first-order valence-electron chi connectivity index (χ1n) is 3.39. The molecule has 0 bridgehead atoms. The van der Waals surface area contributed by atoms with E-state index in [1.807, 2.05) is 0 Å². The fraction of sp³-hybridized carbons (Fsp3) is 0.833. The average Bonchev–Trinajstić information content (AvgIpc) is 2.34. The molecule has 1 amide bonds. The van der Waals surface area contributed by atoms with Crippen molar-refractivity contribution in [2.45, 2.75) is 25.0 Å². The van der Waals surface area contributed by atoms with Crippen LogP contribution in [0.5, 0.6) is 0 Å². The maximum atomic E-state index is 10.5. The minimum absolute atomic E-state index is 0.0394. The van der Waals surface area contributed by atoms with Gasteiger partial charge in [0.25, 0.3) is 0 Å². The Labute approximate surface area is 59.5 Å². The zero-order chi connectivity index (χ0) is 7.56. The number of primary amides is 1. The highest BCUT2D eigenvalue weighted by molar-refractivity contribution is 5.79. The third kappa shape index (κ3) is 1.46. The van der Waals surface area contributed by atoms with Crippen LogP contribution in [0, 0.1) is 0 Å². The van der Waals surface area contributed by atoms with E-state index in [0.717, 1.165) is 12.8 Å². The van der Waals surface area contributed by atoms with Gasteiger partial charge < -0.3 is 16.2 Å². The van der Waals surface area contributed by atoms with Gasteiger partial charge in [-0.3, -0.25) is 4.79 Å². The zero-order valence-corrected chi connectivity index (χ0v) is 5.75. The van der Waals surface area contributed by atoms with Crippen molar-refractivity contribution in [3.63, 3.8) is 0 Å². The number of amides is 1. The maximum absolute atomic E-state index is 10.5. The van der Waals surface area contributed by atoms with Gasteiger partial charge in [0.2, 0.25) is 5.91 Å². The first kappa shape index (κ1) is 7.50. The summed E-state index contributed by atoms with van der Waals surface area (Å²) < 4.78 is 5.17. The highest BCUT2D eigenvalue weighted by atomic mass is 16.5. The van der Waals surface area contributed by atoms with E-state index in [4.69, 9.17) is 16.2 Å². The number of nitrogens with two attached hydrogens (primary N) is 2. The number of carbonyl (C=O) groups excluding carboxylic acids is 1. The lowest BCUT2D eigenvalue weighted by molar-refractivity contribution is -0.128. The van der Waals surface area contributed by atoms with Crippen LogP contribution >= 0.6 is 0 Å². The molecule has 4 heteroatoms. The lowest BCUT2D eigenvalue weighted by atomic mass is 10.2. The monoisotopic (exact) mass is 144 g/mol. The van der Waals surface area contributed by atoms with Gasteiger partial charge in [-0.05, 0) is 12.8 Å². The third-order valence-electron chi connectivity index (χ3n) is 1.69. The van der Waals surface area contributed by atoms with Gasteiger partial charge in [-0.15, -0.1) is 0 Å². The summed E-state index contributed by atoms with van der Waals surface area (Å²) in [4.78, 5) is 10.5. The van der Waals surface area contributed by atoms with E-state index in [9.17, 15) is 4.79 Å². The van der Waals surface area contributed by atoms with Gasteiger partial charge in [0.15, 0.2) is 0 Å². The normalized spacial score (nSPS) is 32.5. The van der Waals surface area contributed by atoms with Gasteiger partial charge in [0.05, 0.1) is 6.10 Å². The Hall–Kier alpha value is -0.610. The molecule has 4 nitrogen and oxygen atoms in total. The summed E-state index contributed by atoms with van der Waals surface area (Å²) in [6.07, 6.45) is 1.22. The van der Waals surface area contributed by atoms with Gasteiger partial charge in [-0.1, -0.05) is 0 Å². The zero-order valence-electron chi connectivity index (χ0n) is 5.75. The second-order valence-corrected chi connectivity index (χ2v) is 2.46. The van der Waals surface area contributed by atoms with Gasteiger partial charge in [-0.25, -0.2) is 0 Å².